The third kappa shape index (κ3) is 3.61. The first-order valence-electron chi connectivity index (χ1n) is 4.31. The molecule has 1 saturated heterocycles. The summed E-state index contributed by atoms with van der Waals surface area (Å²) in [6.07, 6.45) is -0.764. The molecule has 13 heavy (non-hydrogen) atoms. The van der Waals surface area contributed by atoms with E-state index >= 15 is 0 Å². The zero-order valence-electron chi connectivity index (χ0n) is 7.56. The summed E-state index contributed by atoms with van der Waals surface area (Å²) in [6, 6.07) is 0. The Morgan fingerprint density at radius 3 is 3.08 bits per heavy atom. The van der Waals surface area contributed by atoms with Crippen molar-refractivity contribution in [1.82, 2.24) is 0 Å². The first kappa shape index (κ1) is 10.3. The number of hydrogen-bond acceptors (Lipinski definition) is 5. The molecule has 5 nitrogen and oxygen atoms in total. The summed E-state index contributed by atoms with van der Waals surface area (Å²) in [5.41, 5.74) is 0. The number of hydrogen-bond donors (Lipinski definition) is 1. The lowest BCUT2D eigenvalue weighted by Gasteiger charge is -2.10. The second-order valence-corrected chi connectivity index (χ2v) is 2.90. The molecule has 0 spiro atoms. The Bertz CT molecular complexity index is 170. The Labute approximate surface area is 76.6 Å². The van der Waals surface area contributed by atoms with E-state index in [1.54, 1.807) is 0 Å². The highest BCUT2D eigenvalue weighted by molar-refractivity contribution is 5.61. The van der Waals surface area contributed by atoms with Crippen LogP contribution < -0.4 is 0 Å². The molecule has 1 heterocycles. The molecule has 0 aromatic carbocycles. The Hall–Kier alpha value is -0.810. The largest absolute Gasteiger partial charge is 0.508 e. The Morgan fingerprint density at radius 1 is 1.77 bits per heavy atom. The average Bonchev–Trinajstić information content (AvgIpc) is 2.51. The average molecular weight is 190 g/mol. The zero-order chi connectivity index (χ0) is 9.68. The summed E-state index contributed by atoms with van der Waals surface area (Å²) in [5, 5.41) is 9.12. The molecule has 1 fully saturated rings. The lowest BCUT2D eigenvalue weighted by molar-refractivity contribution is -0.00108. The number of carbonyl (C=O) groups is 1. The number of cyclic esters (lactones) is 2. The van der Waals surface area contributed by atoms with Crippen molar-refractivity contribution in [2.24, 2.45) is 0 Å². The van der Waals surface area contributed by atoms with Gasteiger partial charge in [0.05, 0.1) is 19.3 Å². The first-order chi connectivity index (χ1) is 6.22. The van der Waals surface area contributed by atoms with Gasteiger partial charge in [-0.25, -0.2) is 4.79 Å². The van der Waals surface area contributed by atoms with Gasteiger partial charge in [0.2, 0.25) is 0 Å². The van der Waals surface area contributed by atoms with E-state index in [2.05, 4.69) is 4.74 Å². The summed E-state index contributed by atoms with van der Waals surface area (Å²) < 4.78 is 14.4. The smallest absolute Gasteiger partial charge is 0.430 e. The highest BCUT2D eigenvalue weighted by atomic mass is 16.8. The molecule has 1 N–H and O–H groups in total. The third-order valence-corrected chi connectivity index (χ3v) is 1.74. The summed E-state index contributed by atoms with van der Waals surface area (Å²) >= 11 is 0. The number of aliphatic hydroxyl groups excluding tert-OH is 1. The van der Waals surface area contributed by atoms with E-state index in [4.69, 9.17) is 14.6 Å². The van der Waals surface area contributed by atoms with E-state index < -0.39 is 12.3 Å². The molecule has 1 aliphatic heterocycles. The predicted molar refractivity (Wildman–Crippen MR) is 43.3 cm³/mol. The number of rotatable bonds is 5. The van der Waals surface area contributed by atoms with Crippen LogP contribution in [0.25, 0.3) is 0 Å². The van der Waals surface area contributed by atoms with Crippen molar-refractivity contribution in [3.63, 3.8) is 0 Å². The van der Waals surface area contributed by atoms with E-state index in [-0.39, 0.29) is 25.9 Å². The maximum absolute atomic E-state index is 10.5. The molecular weight excluding hydrogens is 176 g/mol. The van der Waals surface area contributed by atoms with Crippen molar-refractivity contribution in [3.8, 4) is 0 Å². The van der Waals surface area contributed by atoms with Crippen LogP contribution in [0.1, 0.15) is 13.3 Å². The third-order valence-electron chi connectivity index (χ3n) is 1.74. The monoisotopic (exact) mass is 190 g/mol. The van der Waals surface area contributed by atoms with Gasteiger partial charge in [0.15, 0.2) is 6.10 Å². The quantitative estimate of drug-likeness (QED) is 0.632. The highest BCUT2D eigenvalue weighted by Crippen LogP contribution is 2.06. The van der Waals surface area contributed by atoms with E-state index in [9.17, 15) is 4.79 Å². The van der Waals surface area contributed by atoms with Crippen LogP contribution in [0.15, 0.2) is 0 Å². The molecule has 1 aliphatic rings. The summed E-state index contributed by atoms with van der Waals surface area (Å²) in [4.78, 5) is 10.5. The fourth-order valence-corrected chi connectivity index (χ4v) is 0.901. The molecule has 0 saturated carbocycles. The van der Waals surface area contributed by atoms with Gasteiger partial charge in [-0.2, -0.15) is 0 Å². The van der Waals surface area contributed by atoms with Crippen molar-refractivity contribution >= 4 is 6.16 Å². The van der Waals surface area contributed by atoms with E-state index in [1.807, 2.05) is 6.92 Å². The molecule has 0 aliphatic carbocycles. The van der Waals surface area contributed by atoms with Gasteiger partial charge in [0.1, 0.15) is 6.61 Å². The van der Waals surface area contributed by atoms with Crippen LogP contribution in [0, 0.1) is 0 Å². The van der Waals surface area contributed by atoms with Crippen LogP contribution in [-0.4, -0.2) is 43.3 Å². The highest BCUT2D eigenvalue weighted by Gasteiger charge is 2.24. The van der Waals surface area contributed by atoms with Crippen molar-refractivity contribution in [1.29, 1.82) is 0 Å². The van der Waals surface area contributed by atoms with Crippen LogP contribution in [0.2, 0.25) is 0 Å². The van der Waals surface area contributed by atoms with Crippen LogP contribution in [-0.2, 0) is 14.2 Å². The summed E-state index contributed by atoms with van der Waals surface area (Å²) in [6.45, 7) is 2.65. The van der Waals surface area contributed by atoms with Gasteiger partial charge in [0, 0.05) is 0 Å². The van der Waals surface area contributed by atoms with Crippen molar-refractivity contribution < 1.29 is 24.1 Å². The minimum atomic E-state index is -0.648. The molecule has 1 rings (SSSR count). The van der Waals surface area contributed by atoms with Gasteiger partial charge in [-0.15, -0.1) is 0 Å². The fourth-order valence-electron chi connectivity index (χ4n) is 0.901. The van der Waals surface area contributed by atoms with Crippen LogP contribution in [0.3, 0.4) is 0 Å². The van der Waals surface area contributed by atoms with Gasteiger partial charge in [-0.1, -0.05) is 6.92 Å². The Balaban J connectivity index is 2.03. The normalized spacial score (nSPS) is 23.8. The molecular formula is C8H14O5. The van der Waals surface area contributed by atoms with Crippen molar-refractivity contribution in [3.05, 3.63) is 0 Å². The number of carbonyl (C=O) groups excluding carboxylic acids is 1. The summed E-state index contributed by atoms with van der Waals surface area (Å²) in [5.74, 6) is 0. The number of aliphatic hydroxyl groups is 1. The molecule has 0 aromatic heterocycles. The van der Waals surface area contributed by atoms with Crippen molar-refractivity contribution in [2.75, 3.05) is 19.8 Å². The van der Waals surface area contributed by atoms with Gasteiger partial charge in [-0.05, 0) is 6.42 Å². The minimum Gasteiger partial charge on any atom is -0.430 e. The van der Waals surface area contributed by atoms with Gasteiger partial charge >= 0.3 is 6.16 Å². The topological polar surface area (TPSA) is 65.0 Å². The molecule has 2 atom stereocenters. The predicted octanol–water partition coefficient (Wildman–Crippen LogP) is 0.309. The Kier molecular flexibility index (Phi) is 3.98. The molecule has 0 radical (unpaired) electrons. The van der Waals surface area contributed by atoms with Gasteiger partial charge < -0.3 is 19.3 Å². The van der Waals surface area contributed by atoms with Crippen molar-refractivity contribution in [2.45, 2.75) is 25.6 Å². The second-order valence-electron chi connectivity index (χ2n) is 2.90. The summed E-state index contributed by atoms with van der Waals surface area (Å²) in [7, 11) is 0. The lowest BCUT2D eigenvalue weighted by Crippen LogP contribution is -2.22. The zero-order valence-corrected chi connectivity index (χ0v) is 7.56. The van der Waals surface area contributed by atoms with E-state index in [1.165, 1.54) is 0 Å². The van der Waals surface area contributed by atoms with Crippen LogP contribution in [0.4, 0.5) is 4.79 Å². The second kappa shape index (κ2) is 5.04. The molecule has 5 heteroatoms. The van der Waals surface area contributed by atoms with Crippen LogP contribution >= 0.6 is 0 Å². The SMILES string of the molecule is CCC(O)COCC1COC(=O)O1. The van der Waals surface area contributed by atoms with E-state index in [0.29, 0.717) is 6.42 Å². The lowest BCUT2D eigenvalue weighted by atomic mass is 10.3. The molecule has 0 aromatic rings. The van der Waals surface area contributed by atoms with Crippen LogP contribution in [0.5, 0.6) is 0 Å². The molecule has 76 valence electrons. The van der Waals surface area contributed by atoms with Gasteiger partial charge in [-0.3, -0.25) is 0 Å². The molecule has 0 bridgehead atoms. The number of ether oxygens (including phenoxy) is 3. The Morgan fingerprint density at radius 2 is 2.54 bits per heavy atom. The van der Waals surface area contributed by atoms with Gasteiger partial charge in [0.25, 0.3) is 0 Å². The first-order valence-corrected chi connectivity index (χ1v) is 4.31. The maximum Gasteiger partial charge on any atom is 0.508 e. The van der Waals surface area contributed by atoms with E-state index in [0.717, 1.165) is 0 Å². The fraction of sp³-hybridized carbons (Fsp3) is 0.875. The molecule has 2 unspecified atom stereocenters. The minimum absolute atomic E-state index is 0.237. The maximum atomic E-state index is 10.5. The molecule has 0 amide bonds. The standard InChI is InChI=1S/C8H14O5/c1-2-6(9)3-11-4-7-5-12-8(10)13-7/h6-7,9H,2-5H2,1H3.